The van der Waals surface area contributed by atoms with Crippen LogP contribution in [-0.4, -0.2) is 45.0 Å². The summed E-state index contributed by atoms with van der Waals surface area (Å²) in [5.74, 6) is 0.617. The van der Waals surface area contributed by atoms with Gasteiger partial charge in [0, 0.05) is 35.7 Å². The smallest absolute Gasteiger partial charge is 0.195 e. The number of aryl methyl sites for hydroxylation is 1. The van der Waals surface area contributed by atoms with Crippen molar-refractivity contribution in [1.29, 1.82) is 0 Å². The average Bonchev–Trinajstić information content (AvgIpc) is 2.96. The fourth-order valence-corrected chi connectivity index (χ4v) is 3.91. The number of aromatic nitrogens is 1. The van der Waals surface area contributed by atoms with Crippen molar-refractivity contribution in [2.75, 3.05) is 13.2 Å². The van der Waals surface area contributed by atoms with Crippen LogP contribution in [0.1, 0.15) is 40.0 Å². The van der Waals surface area contributed by atoms with E-state index in [2.05, 4.69) is 0 Å². The van der Waals surface area contributed by atoms with Gasteiger partial charge in [-0.3, -0.25) is 4.79 Å². The van der Waals surface area contributed by atoms with Crippen molar-refractivity contribution in [3.63, 3.8) is 0 Å². The Bertz CT molecular complexity index is 1050. The fraction of sp³-hybridized carbons (Fsp3) is 0.286. The van der Waals surface area contributed by atoms with Crippen LogP contribution in [0.2, 0.25) is 0 Å². The van der Waals surface area contributed by atoms with Gasteiger partial charge in [-0.05, 0) is 35.9 Å². The third-order valence-corrected chi connectivity index (χ3v) is 5.25. The highest BCUT2D eigenvalue weighted by molar-refractivity contribution is 6.20. The van der Waals surface area contributed by atoms with Crippen molar-refractivity contribution < 1.29 is 24.9 Å². The summed E-state index contributed by atoms with van der Waals surface area (Å²) in [7, 11) is 1.90. The Hall–Kier alpha value is -2.83. The number of benzene rings is 2. The Morgan fingerprint density at radius 2 is 2.00 bits per heavy atom. The molecule has 0 fully saturated rings. The van der Waals surface area contributed by atoms with E-state index in [1.54, 1.807) is 30.3 Å². The van der Waals surface area contributed by atoms with Gasteiger partial charge in [-0.1, -0.05) is 6.92 Å². The summed E-state index contributed by atoms with van der Waals surface area (Å²) in [5.41, 5.74) is 3.89. The first kappa shape index (κ1) is 17.6. The molecule has 27 heavy (non-hydrogen) atoms. The van der Waals surface area contributed by atoms with Crippen molar-refractivity contribution in [2.45, 2.75) is 18.9 Å². The summed E-state index contributed by atoms with van der Waals surface area (Å²) in [4.78, 5) is 13.2. The van der Waals surface area contributed by atoms with Crippen LogP contribution in [0.4, 0.5) is 0 Å². The van der Waals surface area contributed by atoms with E-state index in [1.807, 2.05) is 24.6 Å². The van der Waals surface area contributed by atoms with Gasteiger partial charge in [0.1, 0.15) is 24.2 Å². The second-order valence-corrected chi connectivity index (χ2v) is 6.97. The summed E-state index contributed by atoms with van der Waals surface area (Å²) >= 11 is 0. The number of carbonyl (C=O) groups excluding carboxylic acids is 1. The van der Waals surface area contributed by atoms with Crippen LogP contribution in [0.5, 0.6) is 11.5 Å². The van der Waals surface area contributed by atoms with Crippen LogP contribution < -0.4 is 4.74 Å². The molecule has 0 spiro atoms. The Morgan fingerprint density at radius 3 is 2.74 bits per heavy atom. The lowest BCUT2D eigenvalue weighted by Gasteiger charge is -2.24. The first-order valence-electron chi connectivity index (χ1n) is 8.84. The summed E-state index contributed by atoms with van der Waals surface area (Å²) in [6, 6.07) is 10.3. The monoisotopic (exact) mass is 367 g/mol. The van der Waals surface area contributed by atoms with Crippen LogP contribution in [0, 0.1) is 0 Å². The van der Waals surface area contributed by atoms with E-state index in [9.17, 15) is 15.0 Å². The fourth-order valence-electron chi connectivity index (χ4n) is 3.91. The summed E-state index contributed by atoms with van der Waals surface area (Å²) in [5, 5.41) is 29.0. The third-order valence-electron chi connectivity index (χ3n) is 5.25. The normalized spacial score (nSPS) is 16.9. The largest absolute Gasteiger partial charge is 0.508 e. The molecular weight excluding hydrogens is 346 g/mol. The van der Waals surface area contributed by atoms with Crippen LogP contribution in [0.15, 0.2) is 36.4 Å². The van der Waals surface area contributed by atoms with Crippen molar-refractivity contribution in [1.82, 2.24) is 4.57 Å². The molecule has 1 heterocycles. The Labute approximate surface area is 156 Å². The van der Waals surface area contributed by atoms with E-state index in [0.717, 1.165) is 22.2 Å². The molecule has 0 amide bonds. The molecular formula is C21H21NO5. The van der Waals surface area contributed by atoms with Gasteiger partial charge in [0.15, 0.2) is 5.78 Å². The quantitative estimate of drug-likeness (QED) is 0.658. The van der Waals surface area contributed by atoms with Gasteiger partial charge in [-0.25, -0.2) is 0 Å². The molecule has 1 aromatic heterocycles. The van der Waals surface area contributed by atoms with Crippen LogP contribution in [0.3, 0.4) is 0 Å². The molecule has 4 rings (SSSR count). The number of aliphatic hydroxyl groups excluding tert-OH is 2. The van der Waals surface area contributed by atoms with Crippen molar-refractivity contribution in [3.05, 3.63) is 58.8 Å². The van der Waals surface area contributed by atoms with Gasteiger partial charge in [-0.15, -0.1) is 0 Å². The minimum Gasteiger partial charge on any atom is -0.508 e. The average molecular weight is 367 g/mol. The highest BCUT2D eigenvalue weighted by atomic mass is 16.5. The summed E-state index contributed by atoms with van der Waals surface area (Å²) in [6.45, 7) is 1.65. The molecule has 1 aliphatic carbocycles. The Morgan fingerprint density at radius 1 is 1.22 bits per heavy atom. The van der Waals surface area contributed by atoms with Gasteiger partial charge in [0.05, 0.1) is 17.7 Å². The van der Waals surface area contributed by atoms with Gasteiger partial charge in [0.2, 0.25) is 0 Å². The zero-order chi connectivity index (χ0) is 19.3. The zero-order valence-corrected chi connectivity index (χ0v) is 15.1. The predicted octanol–water partition coefficient (Wildman–Crippen LogP) is 2.31. The Kier molecular flexibility index (Phi) is 4.17. The Balaban J connectivity index is 1.81. The lowest BCUT2D eigenvalue weighted by molar-refractivity contribution is 0.0535. The predicted molar refractivity (Wildman–Crippen MR) is 101 cm³/mol. The number of fused-ring (bicyclic) bond motifs is 4. The SMILES string of the molecule is CC1c2cc(OCC(O)CO)ccc2C(=O)c2c1n(C)c1cc(O)ccc21. The highest BCUT2D eigenvalue weighted by Crippen LogP contribution is 2.42. The minimum absolute atomic E-state index is 0.0177. The first-order valence-corrected chi connectivity index (χ1v) is 8.84. The summed E-state index contributed by atoms with van der Waals surface area (Å²) in [6.07, 6.45) is -0.947. The van der Waals surface area contributed by atoms with Crippen molar-refractivity contribution in [2.24, 2.45) is 7.05 Å². The lowest BCUT2D eigenvalue weighted by Crippen LogP contribution is -2.22. The maximum Gasteiger partial charge on any atom is 0.195 e. The number of rotatable bonds is 4. The topological polar surface area (TPSA) is 91.9 Å². The van der Waals surface area contributed by atoms with Crippen LogP contribution in [-0.2, 0) is 7.05 Å². The highest BCUT2D eigenvalue weighted by Gasteiger charge is 2.34. The summed E-state index contributed by atoms with van der Waals surface area (Å²) < 4.78 is 7.50. The van der Waals surface area contributed by atoms with Crippen molar-refractivity contribution in [3.8, 4) is 11.5 Å². The second-order valence-electron chi connectivity index (χ2n) is 6.97. The molecule has 6 heteroatoms. The van der Waals surface area contributed by atoms with Crippen LogP contribution >= 0.6 is 0 Å². The molecule has 2 aromatic carbocycles. The zero-order valence-electron chi connectivity index (χ0n) is 15.1. The standard InChI is InChI=1S/C21H21NO5/c1-11-17-8-14(27-10-13(25)9-23)4-6-15(17)21(26)19-16-5-3-12(24)7-18(16)22(2)20(11)19/h3-8,11,13,23-25H,9-10H2,1-2H3. The molecule has 3 aromatic rings. The maximum atomic E-state index is 13.2. The number of ether oxygens (including phenoxy) is 1. The second kappa shape index (κ2) is 6.40. The van der Waals surface area contributed by atoms with Gasteiger partial charge >= 0.3 is 0 Å². The number of ketones is 1. The molecule has 1 aliphatic rings. The number of hydrogen-bond acceptors (Lipinski definition) is 5. The molecule has 2 unspecified atom stereocenters. The van der Waals surface area contributed by atoms with Crippen molar-refractivity contribution >= 4 is 16.7 Å². The third kappa shape index (κ3) is 2.69. The number of hydrogen-bond donors (Lipinski definition) is 3. The molecule has 3 N–H and O–H groups in total. The molecule has 6 nitrogen and oxygen atoms in total. The van der Waals surface area contributed by atoms with Gasteiger partial charge in [0.25, 0.3) is 0 Å². The van der Waals surface area contributed by atoms with E-state index in [-0.39, 0.29) is 30.7 Å². The molecule has 0 radical (unpaired) electrons. The van der Waals surface area contributed by atoms with Gasteiger partial charge < -0.3 is 24.6 Å². The van der Waals surface area contributed by atoms with E-state index in [0.29, 0.717) is 16.9 Å². The molecule has 2 atom stereocenters. The minimum atomic E-state index is -0.947. The first-order chi connectivity index (χ1) is 12.9. The molecule has 140 valence electrons. The lowest BCUT2D eigenvalue weighted by atomic mass is 9.81. The van der Waals surface area contributed by atoms with Crippen LogP contribution in [0.25, 0.3) is 10.9 Å². The van der Waals surface area contributed by atoms with Gasteiger partial charge in [-0.2, -0.15) is 0 Å². The number of nitrogens with zero attached hydrogens (tertiary/aromatic N) is 1. The number of phenols is 1. The molecule has 0 saturated heterocycles. The van der Waals surface area contributed by atoms with E-state index in [4.69, 9.17) is 9.84 Å². The number of aromatic hydroxyl groups is 1. The number of aliphatic hydroxyl groups is 2. The van der Waals surface area contributed by atoms with E-state index >= 15 is 0 Å². The van der Waals surface area contributed by atoms with E-state index < -0.39 is 6.10 Å². The maximum absolute atomic E-state index is 13.2. The van der Waals surface area contributed by atoms with E-state index in [1.165, 1.54) is 0 Å². The number of carbonyl (C=O) groups is 1. The molecule has 0 bridgehead atoms. The molecule has 0 aliphatic heterocycles. The number of phenolic OH excluding ortho intramolecular Hbond substituents is 1. The molecule has 0 saturated carbocycles.